The molecule has 0 saturated heterocycles. The zero-order valence-electron chi connectivity index (χ0n) is 25.1. The van der Waals surface area contributed by atoms with Crippen molar-refractivity contribution in [2.75, 3.05) is 10.8 Å². The predicted molar refractivity (Wildman–Crippen MR) is 181 cm³/mol. The fourth-order valence-electron chi connectivity index (χ4n) is 4.79. The summed E-state index contributed by atoms with van der Waals surface area (Å²) < 4.78 is 29.2. The van der Waals surface area contributed by atoms with Gasteiger partial charge >= 0.3 is 0 Å². The zero-order chi connectivity index (χ0) is 32.7. The van der Waals surface area contributed by atoms with Crippen LogP contribution in [0.4, 0.5) is 5.69 Å². The molecule has 0 aliphatic heterocycles. The highest BCUT2D eigenvalue weighted by atomic mass is 35.5. The molecule has 0 fully saturated rings. The number of anilines is 1. The first-order valence-corrected chi connectivity index (χ1v) is 16.9. The van der Waals surface area contributed by atoms with Crippen LogP contribution in [0.2, 0.25) is 15.1 Å². The summed E-state index contributed by atoms with van der Waals surface area (Å²) >= 11 is 19.6. The molecule has 0 unspecified atom stereocenters. The Hall–Kier alpha value is -3.56. The van der Waals surface area contributed by atoms with Crippen LogP contribution in [0.5, 0.6) is 0 Å². The summed E-state index contributed by atoms with van der Waals surface area (Å²) in [7, 11) is -4.29. The van der Waals surface area contributed by atoms with Crippen LogP contribution in [0.25, 0.3) is 0 Å². The Morgan fingerprint density at radius 2 is 1.36 bits per heavy atom. The lowest BCUT2D eigenvalue weighted by atomic mass is 10.0. The SMILES string of the molecule is Cc1ccc(S(=O)(=O)N(CC(=O)N(Cc2c(Cl)cccc2Cl)[C@H](Cc2ccccc2)C(=O)NC(C)C)c2ccccc2Cl)cc1. The highest BCUT2D eigenvalue weighted by Crippen LogP contribution is 2.32. The predicted octanol–water partition coefficient (Wildman–Crippen LogP) is 7.32. The van der Waals surface area contributed by atoms with Gasteiger partial charge in [-0.3, -0.25) is 13.9 Å². The number of nitrogens with one attached hydrogen (secondary N) is 1. The number of carbonyl (C=O) groups is 2. The number of hydrogen-bond acceptors (Lipinski definition) is 4. The van der Waals surface area contributed by atoms with Gasteiger partial charge in [-0.1, -0.05) is 101 Å². The van der Waals surface area contributed by atoms with Crippen molar-refractivity contribution >= 4 is 62.3 Å². The van der Waals surface area contributed by atoms with Crippen LogP contribution in [0.1, 0.15) is 30.5 Å². The molecule has 4 aromatic carbocycles. The van der Waals surface area contributed by atoms with Crippen LogP contribution >= 0.6 is 34.8 Å². The molecule has 0 bridgehead atoms. The zero-order valence-corrected chi connectivity index (χ0v) is 28.2. The van der Waals surface area contributed by atoms with Crippen LogP contribution < -0.4 is 9.62 Å². The minimum Gasteiger partial charge on any atom is -0.352 e. The number of carbonyl (C=O) groups excluding carboxylic acids is 2. The Labute approximate surface area is 279 Å². The molecule has 0 aliphatic rings. The number of amides is 2. The van der Waals surface area contributed by atoms with Gasteiger partial charge in [-0.05, 0) is 62.7 Å². The van der Waals surface area contributed by atoms with Gasteiger partial charge in [0.15, 0.2) is 0 Å². The van der Waals surface area contributed by atoms with Gasteiger partial charge < -0.3 is 10.2 Å². The standard InChI is InChI=1S/C34H34Cl3N3O4S/c1-23(2)38-34(42)32(20-25-10-5-4-6-11-25)39(21-27-28(35)13-9-14-29(27)36)33(41)22-40(31-15-8-7-12-30(31)37)45(43,44)26-18-16-24(3)17-19-26/h4-19,23,32H,20-22H2,1-3H3,(H,38,42)/t32-/m1/s1. The summed E-state index contributed by atoms with van der Waals surface area (Å²) in [6.45, 7) is 4.69. The van der Waals surface area contributed by atoms with E-state index in [4.69, 9.17) is 34.8 Å². The first-order valence-electron chi connectivity index (χ1n) is 14.3. The van der Waals surface area contributed by atoms with Crippen LogP contribution in [-0.4, -0.2) is 43.8 Å². The van der Waals surface area contributed by atoms with Gasteiger partial charge in [-0.2, -0.15) is 0 Å². The third-order valence-electron chi connectivity index (χ3n) is 7.10. The number of halogens is 3. The maximum absolute atomic E-state index is 14.5. The Morgan fingerprint density at radius 1 is 0.778 bits per heavy atom. The van der Waals surface area contributed by atoms with Gasteiger partial charge in [0.1, 0.15) is 12.6 Å². The molecule has 0 spiro atoms. The number of sulfonamides is 1. The Bertz CT molecular complexity index is 1730. The smallest absolute Gasteiger partial charge is 0.264 e. The van der Waals surface area contributed by atoms with Gasteiger partial charge in [-0.15, -0.1) is 0 Å². The molecule has 7 nitrogen and oxygen atoms in total. The topological polar surface area (TPSA) is 86.8 Å². The van der Waals surface area contributed by atoms with Gasteiger partial charge in [0.25, 0.3) is 10.0 Å². The minimum atomic E-state index is -4.29. The maximum Gasteiger partial charge on any atom is 0.264 e. The van der Waals surface area contributed by atoms with Crippen molar-refractivity contribution in [3.8, 4) is 0 Å². The van der Waals surface area contributed by atoms with Crippen molar-refractivity contribution in [2.24, 2.45) is 0 Å². The van der Waals surface area contributed by atoms with E-state index in [1.165, 1.54) is 23.1 Å². The largest absolute Gasteiger partial charge is 0.352 e. The lowest BCUT2D eigenvalue weighted by Crippen LogP contribution is -2.54. The van der Waals surface area contributed by atoms with Gasteiger partial charge in [0.05, 0.1) is 15.6 Å². The molecule has 0 aromatic heterocycles. The lowest BCUT2D eigenvalue weighted by Gasteiger charge is -2.34. The first kappa shape index (κ1) is 34.3. The minimum absolute atomic E-state index is 0.0140. The Morgan fingerprint density at radius 3 is 1.96 bits per heavy atom. The molecule has 1 atom stereocenters. The fraction of sp³-hybridized carbons (Fsp3) is 0.235. The van der Waals surface area contributed by atoms with Crippen molar-refractivity contribution in [2.45, 2.75) is 50.7 Å². The molecule has 236 valence electrons. The van der Waals surface area contributed by atoms with Crippen molar-refractivity contribution in [1.82, 2.24) is 10.2 Å². The Balaban J connectivity index is 1.85. The molecule has 0 heterocycles. The van der Waals surface area contributed by atoms with E-state index in [-0.39, 0.29) is 34.6 Å². The monoisotopic (exact) mass is 685 g/mol. The molecule has 2 amide bonds. The van der Waals surface area contributed by atoms with E-state index in [1.54, 1.807) is 48.5 Å². The van der Waals surface area contributed by atoms with E-state index >= 15 is 0 Å². The second kappa shape index (κ2) is 15.1. The van der Waals surface area contributed by atoms with Crippen molar-refractivity contribution in [1.29, 1.82) is 0 Å². The maximum atomic E-state index is 14.5. The number of benzene rings is 4. The van der Waals surface area contributed by atoms with Crippen molar-refractivity contribution < 1.29 is 18.0 Å². The number of rotatable bonds is 12. The van der Waals surface area contributed by atoms with Crippen LogP contribution in [-0.2, 0) is 32.6 Å². The van der Waals surface area contributed by atoms with E-state index in [1.807, 2.05) is 51.1 Å². The third kappa shape index (κ3) is 8.58. The number of hydrogen-bond donors (Lipinski definition) is 1. The van der Waals surface area contributed by atoms with Crippen LogP contribution in [0.15, 0.2) is 102 Å². The molecule has 0 aliphatic carbocycles. The molecule has 0 radical (unpaired) electrons. The lowest BCUT2D eigenvalue weighted by molar-refractivity contribution is -0.140. The molecule has 4 rings (SSSR count). The van der Waals surface area contributed by atoms with Gasteiger partial charge in [-0.25, -0.2) is 8.42 Å². The fourth-order valence-corrected chi connectivity index (χ4v) is 7.03. The van der Waals surface area contributed by atoms with Crippen molar-refractivity contribution in [3.05, 3.63) is 129 Å². The molecular weight excluding hydrogens is 653 g/mol. The third-order valence-corrected chi connectivity index (χ3v) is 9.90. The van der Waals surface area contributed by atoms with E-state index in [2.05, 4.69) is 5.32 Å². The average molecular weight is 687 g/mol. The van der Waals surface area contributed by atoms with E-state index in [9.17, 15) is 18.0 Å². The molecule has 11 heteroatoms. The number of nitrogens with zero attached hydrogens (tertiary/aromatic N) is 2. The normalized spacial score (nSPS) is 12.1. The number of aryl methyl sites for hydroxylation is 1. The summed E-state index contributed by atoms with van der Waals surface area (Å²) in [5.41, 5.74) is 2.22. The number of para-hydroxylation sites is 1. The molecule has 0 saturated carbocycles. The second-order valence-corrected chi connectivity index (χ2v) is 14.0. The second-order valence-electron chi connectivity index (χ2n) is 10.9. The van der Waals surface area contributed by atoms with Gasteiger partial charge in [0, 0.05) is 34.6 Å². The highest BCUT2D eigenvalue weighted by molar-refractivity contribution is 7.92. The van der Waals surface area contributed by atoms with Crippen LogP contribution in [0.3, 0.4) is 0 Å². The Kier molecular flexibility index (Phi) is 11.6. The van der Waals surface area contributed by atoms with E-state index in [0.29, 0.717) is 15.6 Å². The first-order chi connectivity index (χ1) is 21.4. The molecule has 45 heavy (non-hydrogen) atoms. The molecule has 4 aromatic rings. The van der Waals surface area contributed by atoms with Gasteiger partial charge in [0.2, 0.25) is 11.8 Å². The summed E-state index contributed by atoms with van der Waals surface area (Å²) in [5.74, 6) is -1.06. The molecular formula is C34H34Cl3N3O4S. The highest BCUT2D eigenvalue weighted by Gasteiger charge is 2.36. The van der Waals surface area contributed by atoms with Crippen LogP contribution in [0, 0.1) is 6.92 Å². The van der Waals surface area contributed by atoms with Crippen molar-refractivity contribution in [3.63, 3.8) is 0 Å². The van der Waals surface area contributed by atoms with E-state index < -0.39 is 34.4 Å². The quantitative estimate of drug-likeness (QED) is 0.169. The summed E-state index contributed by atoms with van der Waals surface area (Å²) in [4.78, 5) is 29.7. The summed E-state index contributed by atoms with van der Waals surface area (Å²) in [6.07, 6.45) is 0.157. The summed E-state index contributed by atoms with van der Waals surface area (Å²) in [5, 5.41) is 3.66. The molecule has 1 N–H and O–H groups in total. The van der Waals surface area contributed by atoms with E-state index in [0.717, 1.165) is 15.4 Å². The average Bonchev–Trinajstić information content (AvgIpc) is 2.99. The summed E-state index contributed by atoms with van der Waals surface area (Å²) in [6, 6.07) is 25.7.